The van der Waals surface area contributed by atoms with Crippen molar-refractivity contribution in [3.05, 3.63) is 5.32 Å². The van der Waals surface area contributed by atoms with Gasteiger partial charge in [-0.05, 0) is 19.9 Å². The average molecular weight is 250 g/mol. The van der Waals surface area contributed by atoms with Crippen molar-refractivity contribution in [3.8, 4) is 0 Å². The summed E-state index contributed by atoms with van der Waals surface area (Å²) in [4.78, 5) is 2.37. The molecule has 2 aliphatic rings. The van der Waals surface area contributed by atoms with Gasteiger partial charge in [-0.3, -0.25) is 0 Å². The Hall–Kier alpha value is 0.464. The van der Waals surface area contributed by atoms with Gasteiger partial charge in [0.15, 0.2) is 0 Å². The number of hydrogen-bond donors (Lipinski definition) is 0. The molecule has 2 saturated heterocycles. The molecular formula is C11H23N2OV-. The van der Waals surface area contributed by atoms with Crippen LogP contribution in [0.4, 0.5) is 0 Å². The maximum atomic E-state index is 5.88. The number of hydrogen-bond acceptors (Lipinski definition) is 2. The predicted molar refractivity (Wildman–Crippen MR) is 59.9 cm³/mol. The van der Waals surface area contributed by atoms with Crippen LogP contribution in [0.5, 0.6) is 0 Å². The zero-order valence-corrected chi connectivity index (χ0v) is 11.6. The van der Waals surface area contributed by atoms with E-state index in [0.717, 1.165) is 45.6 Å². The van der Waals surface area contributed by atoms with Crippen molar-refractivity contribution < 1.29 is 23.3 Å². The zero-order valence-electron chi connectivity index (χ0n) is 10.2. The summed E-state index contributed by atoms with van der Waals surface area (Å²) in [7, 11) is 2.18. The minimum atomic E-state index is 0. The Bertz CT molecular complexity index is 155. The first-order valence-corrected chi connectivity index (χ1v) is 5.77. The molecule has 0 aromatic rings. The van der Waals surface area contributed by atoms with Crippen molar-refractivity contribution in [1.29, 1.82) is 0 Å². The summed E-state index contributed by atoms with van der Waals surface area (Å²) in [5, 5.41) is 4.35. The second-order valence-electron chi connectivity index (χ2n) is 3.94. The number of nitrogens with zero attached hydrogens (tertiary/aromatic N) is 2. The van der Waals surface area contributed by atoms with E-state index in [1.165, 1.54) is 0 Å². The van der Waals surface area contributed by atoms with E-state index in [-0.39, 0.29) is 24.2 Å². The van der Waals surface area contributed by atoms with Crippen LogP contribution in [0.2, 0.25) is 0 Å². The van der Waals surface area contributed by atoms with Gasteiger partial charge >= 0.3 is 0 Å². The van der Waals surface area contributed by atoms with Crippen molar-refractivity contribution in [2.45, 2.75) is 32.3 Å². The first kappa shape index (κ1) is 15.5. The molecule has 0 N–H and O–H groups in total. The molecule has 0 saturated carbocycles. The summed E-state index contributed by atoms with van der Waals surface area (Å²) in [6.45, 7) is 9.07. The number of ether oxygens (including phenoxy) is 1. The van der Waals surface area contributed by atoms with Gasteiger partial charge in [0.25, 0.3) is 0 Å². The van der Waals surface area contributed by atoms with E-state index in [0.29, 0.717) is 0 Å². The van der Waals surface area contributed by atoms with Crippen molar-refractivity contribution in [2.75, 3.05) is 39.8 Å². The Labute approximate surface area is 106 Å². The van der Waals surface area contributed by atoms with E-state index >= 15 is 0 Å². The van der Waals surface area contributed by atoms with Crippen molar-refractivity contribution >= 4 is 0 Å². The minimum absolute atomic E-state index is 0. The third kappa shape index (κ3) is 4.45. The largest absolute Gasteiger partial charge is 0.662 e. The summed E-state index contributed by atoms with van der Waals surface area (Å²) in [6.07, 6.45) is 2.24. The molecule has 2 aliphatic heterocycles. The van der Waals surface area contributed by atoms with Crippen LogP contribution in [-0.2, 0) is 23.3 Å². The van der Waals surface area contributed by atoms with Crippen molar-refractivity contribution in [1.82, 2.24) is 4.90 Å². The number of likely N-dealkylation sites (N-methyl/N-ethyl adjacent to an activating group) is 1. The summed E-state index contributed by atoms with van der Waals surface area (Å²) >= 11 is 0. The van der Waals surface area contributed by atoms with Gasteiger partial charge in [0, 0.05) is 31.6 Å². The topological polar surface area (TPSA) is 26.6 Å². The third-order valence-electron chi connectivity index (χ3n) is 2.89. The maximum Gasteiger partial charge on any atom is 0.0776 e. The van der Waals surface area contributed by atoms with Crippen LogP contribution in [0, 0.1) is 0 Å². The molecule has 0 atom stereocenters. The first-order valence-electron chi connectivity index (χ1n) is 5.77. The normalized spacial score (nSPS) is 25.0. The van der Waals surface area contributed by atoms with Crippen molar-refractivity contribution in [3.63, 3.8) is 0 Å². The number of piperidine rings is 1. The standard InChI is InChI=1S/C9H17N2O.C2H6.V/c1-11-6-7-12-9(8-11)2-4-10-5-3-9;1-2;/h2-8H2,1H3;1-2H3;/q-1;;. The Balaban J connectivity index is 0.000000617. The van der Waals surface area contributed by atoms with Gasteiger partial charge < -0.3 is 15.0 Å². The van der Waals surface area contributed by atoms with Crippen molar-refractivity contribution in [2.24, 2.45) is 0 Å². The molecule has 3 nitrogen and oxygen atoms in total. The summed E-state index contributed by atoms with van der Waals surface area (Å²) in [5.41, 5.74) is 0.161. The van der Waals surface area contributed by atoms with Crippen LogP contribution in [-0.4, -0.2) is 50.3 Å². The molecule has 2 rings (SSSR count). The predicted octanol–water partition coefficient (Wildman–Crippen LogP) is 1.88. The van der Waals surface area contributed by atoms with Gasteiger partial charge in [-0.15, -0.1) is 13.1 Å². The molecule has 4 heteroatoms. The molecule has 89 valence electrons. The molecule has 0 amide bonds. The van der Waals surface area contributed by atoms with E-state index in [9.17, 15) is 0 Å². The van der Waals surface area contributed by atoms with E-state index in [1.807, 2.05) is 13.8 Å². The molecule has 1 spiro atoms. The first-order chi connectivity index (χ1) is 6.81. The average Bonchev–Trinajstić information content (AvgIpc) is 2.21. The monoisotopic (exact) mass is 250 g/mol. The molecule has 0 aliphatic carbocycles. The maximum absolute atomic E-state index is 5.88. The van der Waals surface area contributed by atoms with Crippen LogP contribution >= 0.6 is 0 Å². The molecule has 1 radical (unpaired) electrons. The minimum Gasteiger partial charge on any atom is -0.662 e. The van der Waals surface area contributed by atoms with Crippen LogP contribution in [0.1, 0.15) is 26.7 Å². The molecule has 0 aromatic carbocycles. The third-order valence-corrected chi connectivity index (χ3v) is 2.89. The fourth-order valence-corrected chi connectivity index (χ4v) is 2.14. The van der Waals surface area contributed by atoms with Gasteiger partial charge in [-0.2, -0.15) is 0 Å². The Morgan fingerprint density at radius 2 is 1.80 bits per heavy atom. The second-order valence-corrected chi connectivity index (χ2v) is 3.94. The molecule has 2 fully saturated rings. The SMILES string of the molecule is CC.CN1CCOC2(CC[N-]CC2)C1.[V]. The van der Waals surface area contributed by atoms with Gasteiger partial charge in [-0.25, -0.2) is 0 Å². The summed E-state index contributed by atoms with van der Waals surface area (Å²) in [5.74, 6) is 0. The number of rotatable bonds is 0. The molecule has 0 aromatic heterocycles. The van der Waals surface area contributed by atoms with Crippen LogP contribution in [0.15, 0.2) is 0 Å². The molecule has 0 bridgehead atoms. The van der Waals surface area contributed by atoms with Gasteiger partial charge in [-0.1, -0.05) is 13.8 Å². The van der Waals surface area contributed by atoms with E-state index in [2.05, 4.69) is 17.3 Å². The van der Waals surface area contributed by atoms with Crippen LogP contribution in [0.3, 0.4) is 0 Å². The smallest absolute Gasteiger partial charge is 0.0776 e. The van der Waals surface area contributed by atoms with E-state index < -0.39 is 0 Å². The summed E-state index contributed by atoms with van der Waals surface area (Å²) < 4.78 is 5.88. The molecule has 15 heavy (non-hydrogen) atoms. The molecule has 0 unspecified atom stereocenters. The Morgan fingerprint density at radius 1 is 1.20 bits per heavy atom. The Kier molecular flexibility index (Phi) is 7.93. The zero-order chi connectivity index (χ0) is 10.4. The van der Waals surface area contributed by atoms with Crippen LogP contribution < -0.4 is 0 Å². The van der Waals surface area contributed by atoms with E-state index in [1.54, 1.807) is 0 Å². The van der Waals surface area contributed by atoms with Crippen LogP contribution in [0.25, 0.3) is 5.32 Å². The fraction of sp³-hybridized carbons (Fsp3) is 1.00. The summed E-state index contributed by atoms with van der Waals surface area (Å²) in [6, 6.07) is 0. The molecular weight excluding hydrogens is 227 g/mol. The Morgan fingerprint density at radius 3 is 2.33 bits per heavy atom. The van der Waals surface area contributed by atoms with E-state index in [4.69, 9.17) is 4.74 Å². The second kappa shape index (κ2) is 7.69. The number of morpholine rings is 1. The quantitative estimate of drug-likeness (QED) is 0.656. The fourth-order valence-electron chi connectivity index (χ4n) is 2.14. The van der Waals surface area contributed by atoms with Gasteiger partial charge in [0.05, 0.1) is 12.2 Å². The van der Waals surface area contributed by atoms with Gasteiger partial charge in [0.1, 0.15) is 0 Å². The molecule has 2 heterocycles. The van der Waals surface area contributed by atoms with Gasteiger partial charge in [0.2, 0.25) is 0 Å².